The molecule has 0 N–H and O–H groups in total. The quantitative estimate of drug-likeness (QED) is 0.0343. The lowest BCUT2D eigenvalue weighted by atomic mass is 10.0. The first-order valence-corrected chi connectivity index (χ1v) is 43.9. The van der Waals surface area contributed by atoms with Crippen LogP contribution in [0, 0.1) is 0 Å². The molecule has 6 nitrogen and oxygen atoms in total. The third-order valence-corrected chi connectivity index (χ3v) is 19.7. The summed E-state index contributed by atoms with van der Waals surface area (Å²) in [5, 5.41) is 0. The second-order valence-corrected chi connectivity index (χ2v) is 29.6. The smallest absolute Gasteiger partial charge is 0.305 e. The minimum absolute atomic E-state index is 0.0222. The molecule has 0 aromatic carbocycles. The molecule has 0 heterocycles. The molecule has 0 saturated heterocycles. The molecule has 0 aromatic heterocycles. The Kier molecular flexibility index (Phi) is 96.0. The Morgan fingerprint density at radius 1 is 0.138 bits per heavy atom. The second-order valence-electron chi connectivity index (χ2n) is 29.6. The van der Waals surface area contributed by atoms with Crippen LogP contribution in [-0.2, 0) is 28.6 Å². The van der Waals surface area contributed by atoms with Crippen molar-refractivity contribution >= 4 is 17.9 Å². The Bertz CT molecular complexity index is 1320. The van der Waals surface area contributed by atoms with Gasteiger partial charge < -0.3 is 14.2 Å². The summed E-state index contributed by atoms with van der Waals surface area (Å²) in [7, 11) is 0. The summed E-state index contributed by atoms with van der Waals surface area (Å²) in [6.45, 7) is 15.6. The predicted molar refractivity (Wildman–Crippen MR) is 418 cm³/mol. The SMILES string of the molecule is CCCCCCCCCCCCCCCC(=O)OCCCCCCCCCCCCCC.CCCCCCCCCCCCCCCCOC(=O)CCCCCCCCCCCCC.CCCCCCCCCCCCCCOC(=O)CCCCCCCCCCCCC. The van der Waals surface area contributed by atoms with Crippen molar-refractivity contribution in [1.29, 1.82) is 0 Å². The lowest BCUT2D eigenvalue weighted by Gasteiger charge is -2.06. The van der Waals surface area contributed by atoms with Crippen LogP contribution in [0.25, 0.3) is 0 Å². The first-order valence-electron chi connectivity index (χ1n) is 43.9. The van der Waals surface area contributed by atoms with Crippen molar-refractivity contribution in [3.63, 3.8) is 0 Å². The number of carbonyl (C=O) groups is 3. The summed E-state index contributed by atoms with van der Waals surface area (Å²) in [6, 6.07) is 0. The van der Waals surface area contributed by atoms with E-state index < -0.39 is 0 Å². The molecule has 0 amide bonds. The van der Waals surface area contributed by atoms with Gasteiger partial charge in [-0.05, 0) is 38.5 Å². The van der Waals surface area contributed by atoms with Crippen LogP contribution in [0.4, 0.5) is 0 Å². The summed E-state index contributed by atoms with van der Waals surface area (Å²) in [4.78, 5) is 35.4. The van der Waals surface area contributed by atoms with E-state index in [4.69, 9.17) is 14.2 Å². The van der Waals surface area contributed by atoms with Gasteiger partial charge in [-0.2, -0.15) is 0 Å². The largest absolute Gasteiger partial charge is 0.466 e. The zero-order valence-electron chi connectivity index (χ0n) is 65.8. The maximum atomic E-state index is 11.8. The number of unbranched alkanes of at least 4 members (excludes halogenated alkanes) is 67. The molecule has 0 atom stereocenters. The van der Waals surface area contributed by atoms with E-state index in [2.05, 4.69) is 41.5 Å². The minimum atomic E-state index is 0.0222. The number of rotatable bonds is 79. The van der Waals surface area contributed by atoms with Crippen molar-refractivity contribution in [2.45, 2.75) is 530 Å². The van der Waals surface area contributed by atoms with Gasteiger partial charge in [0.05, 0.1) is 19.8 Å². The van der Waals surface area contributed by atoms with Crippen molar-refractivity contribution in [2.75, 3.05) is 19.8 Å². The normalized spacial score (nSPS) is 11.2. The van der Waals surface area contributed by atoms with Gasteiger partial charge in [0.25, 0.3) is 0 Å². The van der Waals surface area contributed by atoms with Crippen molar-refractivity contribution in [3.05, 3.63) is 0 Å². The minimum Gasteiger partial charge on any atom is -0.466 e. The van der Waals surface area contributed by atoms with Crippen LogP contribution in [0.2, 0.25) is 0 Å². The van der Waals surface area contributed by atoms with Crippen LogP contribution >= 0.6 is 0 Å². The summed E-state index contributed by atoms with van der Waals surface area (Å²) in [6.07, 6.45) is 99.7. The highest BCUT2D eigenvalue weighted by molar-refractivity contribution is 5.69. The Hall–Kier alpha value is -1.59. The molecule has 0 rings (SSSR count). The Morgan fingerprint density at radius 2 is 0.234 bits per heavy atom. The van der Waals surface area contributed by atoms with E-state index >= 15 is 0 Å². The third kappa shape index (κ3) is 96.8. The highest BCUT2D eigenvalue weighted by Gasteiger charge is 2.07. The molecule has 0 fully saturated rings. The lowest BCUT2D eigenvalue weighted by molar-refractivity contribution is -0.144. The van der Waals surface area contributed by atoms with E-state index in [1.807, 2.05) is 0 Å². The maximum Gasteiger partial charge on any atom is 0.305 e. The molecule has 0 spiro atoms. The van der Waals surface area contributed by atoms with E-state index in [0.29, 0.717) is 39.1 Å². The first-order chi connectivity index (χ1) is 46.4. The molecular formula is C88H176O6. The van der Waals surface area contributed by atoms with Gasteiger partial charge in [0.2, 0.25) is 0 Å². The summed E-state index contributed by atoms with van der Waals surface area (Å²) >= 11 is 0. The van der Waals surface area contributed by atoms with Gasteiger partial charge in [-0.25, -0.2) is 0 Å². The summed E-state index contributed by atoms with van der Waals surface area (Å²) < 4.78 is 16.2. The number of hydrogen-bond acceptors (Lipinski definition) is 6. The molecule has 0 aliphatic heterocycles. The van der Waals surface area contributed by atoms with Gasteiger partial charge in [-0.1, -0.05) is 472 Å². The molecule has 0 unspecified atom stereocenters. The third-order valence-electron chi connectivity index (χ3n) is 19.7. The van der Waals surface area contributed by atoms with E-state index in [1.54, 1.807) is 0 Å². The van der Waals surface area contributed by atoms with Crippen LogP contribution in [0.5, 0.6) is 0 Å². The predicted octanol–water partition coefficient (Wildman–Crippen LogP) is 31.4. The fourth-order valence-electron chi connectivity index (χ4n) is 13.1. The number of esters is 3. The van der Waals surface area contributed by atoms with Crippen molar-refractivity contribution in [3.8, 4) is 0 Å². The van der Waals surface area contributed by atoms with Crippen molar-refractivity contribution < 1.29 is 28.6 Å². The highest BCUT2D eigenvalue weighted by Crippen LogP contribution is 2.19. The van der Waals surface area contributed by atoms with Gasteiger partial charge >= 0.3 is 17.9 Å². The molecule has 0 aliphatic carbocycles. The standard InChI is InChI=1S/2C30H60O2.C28H56O2/c1-3-5-7-9-11-13-15-16-17-19-21-23-25-27-29-32-30(31)28-26-24-22-20-18-14-12-10-8-6-4-2;1-3-5-7-9-11-13-15-17-18-20-22-24-26-28-30(31)32-29-27-25-23-21-19-16-14-12-10-8-6-4-2;1-3-5-7-9-11-13-15-17-19-21-23-25-27-30-28(29)26-24-22-20-18-16-14-12-10-8-6-4-2/h2*3-29H2,1-2H3;3-27H2,1-2H3. The molecule has 94 heavy (non-hydrogen) atoms. The van der Waals surface area contributed by atoms with Crippen LogP contribution in [0.1, 0.15) is 530 Å². The number of ether oxygens (including phenoxy) is 3. The van der Waals surface area contributed by atoms with E-state index in [1.165, 1.54) is 430 Å². The van der Waals surface area contributed by atoms with Crippen LogP contribution in [0.15, 0.2) is 0 Å². The molecular weight excluding hydrogens is 1150 g/mol. The molecule has 0 aliphatic rings. The lowest BCUT2D eigenvalue weighted by Crippen LogP contribution is -2.05. The van der Waals surface area contributed by atoms with Crippen molar-refractivity contribution in [1.82, 2.24) is 0 Å². The zero-order chi connectivity index (χ0) is 68.7. The summed E-state index contributed by atoms with van der Waals surface area (Å²) in [5.74, 6) is 0.0701. The van der Waals surface area contributed by atoms with Crippen LogP contribution < -0.4 is 0 Å². The summed E-state index contributed by atoms with van der Waals surface area (Å²) in [5.41, 5.74) is 0. The van der Waals surface area contributed by atoms with Gasteiger partial charge in [0.15, 0.2) is 0 Å². The number of carbonyl (C=O) groups excluding carboxylic acids is 3. The highest BCUT2D eigenvalue weighted by atomic mass is 16.5. The zero-order valence-corrected chi connectivity index (χ0v) is 65.8. The van der Waals surface area contributed by atoms with Gasteiger partial charge in [0, 0.05) is 19.3 Å². The van der Waals surface area contributed by atoms with E-state index in [9.17, 15) is 14.4 Å². The monoisotopic (exact) mass is 1330 g/mol. The van der Waals surface area contributed by atoms with Gasteiger partial charge in [0.1, 0.15) is 0 Å². The second kappa shape index (κ2) is 93.5. The number of hydrogen-bond donors (Lipinski definition) is 0. The fraction of sp³-hybridized carbons (Fsp3) is 0.966. The molecule has 0 aromatic rings. The molecule has 6 heteroatoms. The maximum absolute atomic E-state index is 11.8. The molecule has 0 saturated carbocycles. The first kappa shape index (κ1) is 96.6. The fourth-order valence-corrected chi connectivity index (χ4v) is 13.1. The topological polar surface area (TPSA) is 78.9 Å². The molecule has 0 bridgehead atoms. The van der Waals surface area contributed by atoms with E-state index in [-0.39, 0.29) is 17.9 Å². The Labute approximate surface area is 592 Å². The Morgan fingerprint density at radius 3 is 0.351 bits per heavy atom. The average molecular weight is 1330 g/mol. The van der Waals surface area contributed by atoms with Gasteiger partial charge in [-0.3, -0.25) is 14.4 Å². The van der Waals surface area contributed by atoms with E-state index in [0.717, 1.165) is 38.5 Å². The van der Waals surface area contributed by atoms with Gasteiger partial charge in [-0.15, -0.1) is 0 Å². The van der Waals surface area contributed by atoms with Crippen LogP contribution in [-0.4, -0.2) is 37.7 Å². The molecule has 0 radical (unpaired) electrons. The molecule has 564 valence electrons. The van der Waals surface area contributed by atoms with Crippen molar-refractivity contribution in [2.24, 2.45) is 0 Å². The Balaban J connectivity index is -0.00000132. The average Bonchev–Trinajstić information content (AvgIpc) is 3.60. The van der Waals surface area contributed by atoms with Crippen LogP contribution in [0.3, 0.4) is 0 Å².